The molecule has 1 aliphatic rings. The van der Waals surface area contributed by atoms with Crippen molar-refractivity contribution in [2.45, 2.75) is 6.54 Å². The van der Waals surface area contributed by atoms with Crippen molar-refractivity contribution in [1.29, 1.82) is 0 Å². The van der Waals surface area contributed by atoms with Crippen LogP contribution in [0.2, 0.25) is 0 Å². The largest absolute Gasteiger partial charge is 0.378 e. The lowest BCUT2D eigenvalue weighted by atomic mass is 10.2. The molecule has 1 N–H and O–H groups in total. The number of carbonyl (C=O) groups excluding carboxylic acids is 1. The average Bonchev–Trinajstić information content (AvgIpc) is 2.79. The molecule has 0 bridgehead atoms. The minimum absolute atomic E-state index is 0.165. The normalized spacial score (nSPS) is 13.9. The molecule has 0 atom stereocenters. The van der Waals surface area contributed by atoms with Crippen LogP contribution < -0.4 is 5.32 Å². The molecule has 0 unspecified atom stereocenters. The third kappa shape index (κ3) is 4.57. The van der Waals surface area contributed by atoms with Gasteiger partial charge < -0.3 is 15.0 Å². The van der Waals surface area contributed by atoms with Gasteiger partial charge in [-0.15, -0.1) is 0 Å². The van der Waals surface area contributed by atoms with E-state index in [4.69, 9.17) is 4.74 Å². The topological polar surface area (TPSA) is 67.4 Å². The number of anilines is 1. The zero-order chi connectivity index (χ0) is 20.1. The maximum Gasteiger partial charge on any atom is 0.272 e. The third-order valence-corrected chi connectivity index (χ3v) is 4.69. The number of morpholine rings is 1. The van der Waals surface area contributed by atoms with Crippen LogP contribution in [0.1, 0.15) is 16.1 Å². The summed E-state index contributed by atoms with van der Waals surface area (Å²) in [5, 5.41) is 3.12. The van der Waals surface area contributed by atoms with Gasteiger partial charge in [0, 0.05) is 36.8 Å². The predicted molar refractivity (Wildman–Crippen MR) is 108 cm³/mol. The molecule has 148 valence electrons. The zero-order valence-electron chi connectivity index (χ0n) is 15.8. The Morgan fingerprint density at radius 1 is 1.03 bits per heavy atom. The number of carbonyl (C=O) groups is 1. The number of halogens is 1. The summed E-state index contributed by atoms with van der Waals surface area (Å²) in [4.78, 5) is 23.7. The lowest BCUT2D eigenvalue weighted by molar-refractivity contribution is 0.0299. The number of nitrogens with one attached hydrogen (secondary N) is 1. The van der Waals surface area contributed by atoms with Crippen LogP contribution in [-0.4, -0.2) is 47.1 Å². The fraction of sp³-hybridized carbons (Fsp3) is 0.227. The highest BCUT2D eigenvalue weighted by Gasteiger charge is 2.21. The van der Waals surface area contributed by atoms with Gasteiger partial charge in [-0.05, 0) is 6.07 Å². The van der Waals surface area contributed by atoms with Crippen LogP contribution in [0.4, 0.5) is 10.2 Å². The Morgan fingerprint density at radius 3 is 2.52 bits per heavy atom. The second-order valence-electron chi connectivity index (χ2n) is 6.68. The van der Waals surface area contributed by atoms with E-state index in [9.17, 15) is 9.18 Å². The molecule has 1 aromatic heterocycles. The summed E-state index contributed by atoms with van der Waals surface area (Å²) in [5.74, 6) is 0.461. The number of benzene rings is 2. The summed E-state index contributed by atoms with van der Waals surface area (Å²) in [6.45, 7) is 2.34. The number of amides is 1. The molecular formula is C22H21FN4O2. The minimum Gasteiger partial charge on any atom is -0.378 e. The smallest absolute Gasteiger partial charge is 0.272 e. The van der Waals surface area contributed by atoms with Crippen LogP contribution in [0, 0.1) is 5.82 Å². The third-order valence-electron chi connectivity index (χ3n) is 4.69. The highest BCUT2D eigenvalue weighted by atomic mass is 19.1. The number of nitrogens with zero attached hydrogens (tertiary/aromatic N) is 3. The van der Waals surface area contributed by atoms with E-state index in [0.29, 0.717) is 49.2 Å². The fourth-order valence-corrected chi connectivity index (χ4v) is 3.12. The quantitative estimate of drug-likeness (QED) is 0.721. The maximum absolute atomic E-state index is 13.9. The molecule has 1 amide bonds. The van der Waals surface area contributed by atoms with E-state index in [1.54, 1.807) is 29.2 Å². The predicted octanol–water partition coefficient (Wildman–Crippen LogP) is 3.37. The van der Waals surface area contributed by atoms with Crippen LogP contribution in [0.15, 0.2) is 60.7 Å². The molecule has 0 aliphatic carbocycles. The first-order valence-corrected chi connectivity index (χ1v) is 9.49. The Bertz CT molecular complexity index is 991. The fourth-order valence-electron chi connectivity index (χ4n) is 3.12. The van der Waals surface area contributed by atoms with E-state index in [-0.39, 0.29) is 18.3 Å². The zero-order valence-corrected chi connectivity index (χ0v) is 15.8. The molecule has 4 rings (SSSR count). The first-order chi connectivity index (χ1) is 14.2. The van der Waals surface area contributed by atoms with E-state index in [0.717, 1.165) is 5.56 Å². The molecule has 1 saturated heterocycles. The van der Waals surface area contributed by atoms with Crippen molar-refractivity contribution in [1.82, 2.24) is 14.9 Å². The van der Waals surface area contributed by atoms with Gasteiger partial charge in [0.2, 0.25) is 0 Å². The van der Waals surface area contributed by atoms with Crippen LogP contribution in [0.5, 0.6) is 0 Å². The Kier molecular flexibility index (Phi) is 5.76. The number of hydrogen-bond donors (Lipinski definition) is 1. The van der Waals surface area contributed by atoms with Crippen molar-refractivity contribution in [2.75, 3.05) is 31.6 Å². The van der Waals surface area contributed by atoms with Crippen molar-refractivity contribution < 1.29 is 13.9 Å². The van der Waals surface area contributed by atoms with Crippen molar-refractivity contribution in [3.05, 3.63) is 77.7 Å². The second-order valence-corrected chi connectivity index (χ2v) is 6.68. The highest BCUT2D eigenvalue weighted by molar-refractivity contribution is 5.93. The van der Waals surface area contributed by atoms with Gasteiger partial charge in [0.25, 0.3) is 5.91 Å². The van der Waals surface area contributed by atoms with Crippen molar-refractivity contribution in [3.8, 4) is 11.4 Å². The van der Waals surface area contributed by atoms with E-state index >= 15 is 0 Å². The van der Waals surface area contributed by atoms with Gasteiger partial charge >= 0.3 is 0 Å². The Hall–Kier alpha value is -3.32. The monoisotopic (exact) mass is 392 g/mol. The maximum atomic E-state index is 13.9. The minimum atomic E-state index is -0.290. The molecule has 0 spiro atoms. The molecule has 1 fully saturated rings. The van der Waals surface area contributed by atoms with E-state index in [2.05, 4.69) is 15.3 Å². The molecule has 2 aromatic carbocycles. The summed E-state index contributed by atoms with van der Waals surface area (Å²) in [6.07, 6.45) is 0. The SMILES string of the molecule is O=C(c1cc(NCc2ccccc2F)nc(-c2ccccc2)n1)N1CCOCC1. The Balaban J connectivity index is 1.64. The van der Waals surface area contributed by atoms with Crippen LogP contribution in [0.25, 0.3) is 11.4 Å². The van der Waals surface area contributed by atoms with Gasteiger partial charge in [0.15, 0.2) is 5.82 Å². The summed E-state index contributed by atoms with van der Waals surface area (Å²) >= 11 is 0. The standard InChI is InChI=1S/C22H21FN4O2/c23-18-9-5-4-8-17(18)15-24-20-14-19(22(28)27-10-12-29-13-11-27)25-21(26-20)16-6-2-1-3-7-16/h1-9,14H,10-13,15H2,(H,24,25,26). The molecule has 0 saturated carbocycles. The number of aromatic nitrogens is 2. The molecule has 2 heterocycles. The van der Waals surface area contributed by atoms with Crippen molar-refractivity contribution >= 4 is 11.7 Å². The Morgan fingerprint density at radius 2 is 1.76 bits per heavy atom. The summed E-state index contributed by atoms with van der Waals surface area (Å²) in [5.41, 5.74) is 1.63. The van der Waals surface area contributed by atoms with Crippen LogP contribution in [0.3, 0.4) is 0 Å². The molecule has 6 nitrogen and oxygen atoms in total. The summed E-state index contributed by atoms with van der Waals surface area (Å²) in [7, 11) is 0. The second kappa shape index (κ2) is 8.79. The summed E-state index contributed by atoms with van der Waals surface area (Å²) in [6, 6.07) is 17.6. The van der Waals surface area contributed by atoms with Crippen molar-refractivity contribution in [2.24, 2.45) is 0 Å². The van der Waals surface area contributed by atoms with Gasteiger partial charge in [-0.1, -0.05) is 48.5 Å². The first kappa shape index (κ1) is 19.0. The van der Waals surface area contributed by atoms with Gasteiger partial charge in [0.1, 0.15) is 17.3 Å². The molecule has 3 aromatic rings. The molecular weight excluding hydrogens is 371 g/mol. The van der Waals surface area contributed by atoms with Crippen molar-refractivity contribution in [3.63, 3.8) is 0 Å². The van der Waals surface area contributed by atoms with Gasteiger partial charge in [-0.25, -0.2) is 14.4 Å². The average molecular weight is 392 g/mol. The number of ether oxygens (including phenoxy) is 1. The van der Waals surface area contributed by atoms with E-state index in [1.165, 1.54) is 6.07 Å². The lowest BCUT2D eigenvalue weighted by Gasteiger charge is -2.26. The van der Waals surface area contributed by atoms with Crippen LogP contribution in [-0.2, 0) is 11.3 Å². The molecule has 7 heteroatoms. The van der Waals surface area contributed by atoms with E-state index in [1.807, 2.05) is 30.3 Å². The highest BCUT2D eigenvalue weighted by Crippen LogP contribution is 2.20. The lowest BCUT2D eigenvalue weighted by Crippen LogP contribution is -2.41. The van der Waals surface area contributed by atoms with Gasteiger partial charge in [0.05, 0.1) is 13.2 Å². The van der Waals surface area contributed by atoms with Crippen LogP contribution >= 0.6 is 0 Å². The molecule has 0 radical (unpaired) electrons. The first-order valence-electron chi connectivity index (χ1n) is 9.49. The summed E-state index contributed by atoms with van der Waals surface area (Å²) < 4.78 is 19.3. The van der Waals surface area contributed by atoms with Gasteiger partial charge in [-0.2, -0.15) is 0 Å². The number of rotatable bonds is 5. The van der Waals surface area contributed by atoms with Gasteiger partial charge in [-0.3, -0.25) is 4.79 Å². The molecule has 1 aliphatic heterocycles. The Labute approximate surface area is 168 Å². The van der Waals surface area contributed by atoms with E-state index < -0.39 is 0 Å². The molecule has 29 heavy (non-hydrogen) atoms. The number of hydrogen-bond acceptors (Lipinski definition) is 5.